The van der Waals surface area contributed by atoms with E-state index in [0.29, 0.717) is 17.7 Å². The average molecular weight is 424 g/mol. The maximum atomic E-state index is 11.9. The van der Waals surface area contributed by atoms with Gasteiger partial charge >= 0.3 is 5.97 Å². The highest BCUT2D eigenvalue weighted by Gasteiger charge is 2.17. The van der Waals surface area contributed by atoms with Crippen LogP contribution in [-0.4, -0.2) is 16.1 Å². The average Bonchev–Trinajstić information content (AvgIpc) is 2.68. The van der Waals surface area contributed by atoms with E-state index in [1.54, 1.807) is 6.07 Å². The van der Waals surface area contributed by atoms with Crippen LogP contribution in [0.15, 0.2) is 65.1 Å². The Morgan fingerprint density at radius 3 is 2.30 bits per heavy atom. The van der Waals surface area contributed by atoms with Gasteiger partial charge in [-0.2, -0.15) is 0 Å². The molecule has 2 aromatic carbocycles. The molecule has 3 aromatic rings. The van der Waals surface area contributed by atoms with Gasteiger partial charge in [-0.25, -0.2) is 4.79 Å². The highest BCUT2D eigenvalue weighted by Crippen LogP contribution is 2.28. The predicted molar refractivity (Wildman–Crippen MR) is 112 cm³/mol. The molecule has 27 heavy (non-hydrogen) atoms. The molecule has 0 spiro atoms. The SMILES string of the molecule is CCCc1nc(CCc2ccccc2)c(C(=O)O)cc1-c1ccc(Br)cc1. The monoisotopic (exact) mass is 423 g/mol. The molecule has 1 N–H and O–H groups in total. The molecule has 3 rings (SSSR count). The van der Waals surface area contributed by atoms with E-state index in [1.165, 1.54) is 5.56 Å². The summed E-state index contributed by atoms with van der Waals surface area (Å²) >= 11 is 3.45. The van der Waals surface area contributed by atoms with Gasteiger partial charge < -0.3 is 5.11 Å². The number of carboxylic acid groups (broad SMARTS) is 1. The van der Waals surface area contributed by atoms with Crippen LogP contribution in [-0.2, 0) is 19.3 Å². The Hall–Kier alpha value is -2.46. The lowest BCUT2D eigenvalue weighted by Crippen LogP contribution is -2.10. The van der Waals surface area contributed by atoms with Crippen molar-refractivity contribution in [1.29, 1.82) is 0 Å². The minimum Gasteiger partial charge on any atom is -0.478 e. The fourth-order valence-electron chi connectivity index (χ4n) is 3.18. The number of halogens is 1. The van der Waals surface area contributed by atoms with E-state index < -0.39 is 5.97 Å². The molecule has 0 unspecified atom stereocenters. The van der Waals surface area contributed by atoms with Crippen molar-refractivity contribution in [2.24, 2.45) is 0 Å². The zero-order chi connectivity index (χ0) is 19.2. The second-order valence-corrected chi connectivity index (χ2v) is 7.44. The third-order valence-electron chi connectivity index (χ3n) is 4.55. The van der Waals surface area contributed by atoms with Crippen LogP contribution in [0.5, 0.6) is 0 Å². The van der Waals surface area contributed by atoms with E-state index in [2.05, 4.69) is 35.0 Å². The Balaban J connectivity index is 2.01. The standard InChI is InChI=1S/C23H22BrNO2/c1-2-6-21-19(17-10-12-18(24)13-11-17)15-20(23(26)27)22(25-21)14-9-16-7-4-3-5-8-16/h3-5,7-8,10-13,15H,2,6,9,14H2,1H3,(H,26,27). The summed E-state index contributed by atoms with van der Waals surface area (Å²) < 4.78 is 0.995. The summed E-state index contributed by atoms with van der Waals surface area (Å²) in [6.07, 6.45) is 3.17. The summed E-state index contributed by atoms with van der Waals surface area (Å²) in [6.45, 7) is 2.11. The van der Waals surface area contributed by atoms with Crippen LogP contribution in [0.2, 0.25) is 0 Å². The number of aromatic nitrogens is 1. The maximum Gasteiger partial charge on any atom is 0.337 e. The van der Waals surface area contributed by atoms with E-state index in [-0.39, 0.29) is 0 Å². The van der Waals surface area contributed by atoms with E-state index >= 15 is 0 Å². The second-order valence-electron chi connectivity index (χ2n) is 6.52. The van der Waals surface area contributed by atoms with Gasteiger partial charge in [0, 0.05) is 15.7 Å². The third-order valence-corrected chi connectivity index (χ3v) is 5.07. The van der Waals surface area contributed by atoms with Gasteiger partial charge in [-0.1, -0.05) is 71.7 Å². The molecule has 0 saturated heterocycles. The van der Waals surface area contributed by atoms with Crippen molar-refractivity contribution in [3.63, 3.8) is 0 Å². The zero-order valence-electron chi connectivity index (χ0n) is 15.3. The molecule has 0 bridgehead atoms. The quantitative estimate of drug-likeness (QED) is 0.510. The number of benzene rings is 2. The molecule has 3 nitrogen and oxygen atoms in total. The fourth-order valence-corrected chi connectivity index (χ4v) is 3.45. The Kier molecular flexibility index (Phi) is 6.40. The number of pyridine rings is 1. The fraction of sp³-hybridized carbons (Fsp3) is 0.217. The number of hydrogen-bond donors (Lipinski definition) is 1. The van der Waals surface area contributed by atoms with E-state index in [4.69, 9.17) is 4.98 Å². The third kappa shape index (κ3) is 4.83. The Morgan fingerprint density at radius 2 is 1.67 bits per heavy atom. The van der Waals surface area contributed by atoms with Crippen molar-refractivity contribution in [3.05, 3.63) is 87.7 Å². The Morgan fingerprint density at radius 1 is 0.963 bits per heavy atom. The number of aryl methyl sites for hydroxylation is 3. The first kappa shape index (κ1) is 19.3. The summed E-state index contributed by atoms with van der Waals surface area (Å²) in [7, 11) is 0. The van der Waals surface area contributed by atoms with Crippen LogP contribution in [0, 0.1) is 0 Å². The Labute approximate surface area is 168 Å². The lowest BCUT2D eigenvalue weighted by Gasteiger charge is -2.14. The number of carbonyl (C=O) groups is 1. The molecule has 0 radical (unpaired) electrons. The molecule has 0 aliphatic heterocycles. The predicted octanol–water partition coefficient (Wildman–Crippen LogP) is 5.95. The molecule has 1 heterocycles. The summed E-state index contributed by atoms with van der Waals surface area (Å²) in [6, 6.07) is 19.8. The molecule has 0 atom stereocenters. The van der Waals surface area contributed by atoms with E-state index in [0.717, 1.165) is 40.6 Å². The first-order chi connectivity index (χ1) is 13.1. The van der Waals surface area contributed by atoms with E-state index in [9.17, 15) is 9.90 Å². The molecule has 0 aliphatic rings. The van der Waals surface area contributed by atoms with Crippen molar-refractivity contribution < 1.29 is 9.90 Å². The smallest absolute Gasteiger partial charge is 0.337 e. The number of hydrogen-bond acceptors (Lipinski definition) is 2. The van der Waals surface area contributed by atoms with Gasteiger partial charge in [-0.05, 0) is 48.6 Å². The molecule has 4 heteroatoms. The van der Waals surface area contributed by atoms with Crippen LogP contribution in [0.4, 0.5) is 0 Å². The van der Waals surface area contributed by atoms with Gasteiger partial charge in [0.2, 0.25) is 0 Å². The highest BCUT2D eigenvalue weighted by atomic mass is 79.9. The largest absolute Gasteiger partial charge is 0.478 e. The normalized spacial score (nSPS) is 10.7. The lowest BCUT2D eigenvalue weighted by molar-refractivity contribution is 0.0695. The van der Waals surface area contributed by atoms with Crippen LogP contribution in [0.1, 0.15) is 40.7 Å². The molecule has 0 saturated carbocycles. The van der Waals surface area contributed by atoms with Crippen LogP contribution >= 0.6 is 15.9 Å². The first-order valence-electron chi connectivity index (χ1n) is 9.14. The molecular formula is C23H22BrNO2. The number of nitrogens with zero attached hydrogens (tertiary/aromatic N) is 1. The summed E-state index contributed by atoms with van der Waals surface area (Å²) in [5.74, 6) is -0.924. The van der Waals surface area contributed by atoms with E-state index in [1.807, 2.05) is 42.5 Å². The minimum absolute atomic E-state index is 0.295. The lowest BCUT2D eigenvalue weighted by atomic mass is 9.96. The topological polar surface area (TPSA) is 50.2 Å². The molecule has 0 aliphatic carbocycles. The van der Waals surface area contributed by atoms with Crippen molar-refractivity contribution in [2.45, 2.75) is 32.6 Å². The van der Waals surface area contributed by atoms with Crippen LogP contribution < -0.4 is 0 Å². The van der Waals surface area contributed by atoms with Gasteiger partial charge in [0.05, 0.1) is 11.3 Å². The van der Waals surface area contributed by atoms with Crippen molar-refractivity contribution in [1.82, 2.24) is 4.98 Å². The molecule has 138 valence electrons. The second kappa shape index (κ2) is 8.96. The maximum absolute atomic E-state index is 11.9. The zero-order valence-corrected chi connectivity index (χ0v) is 16.9. The molecule has 1 aromatic heterocycles. The van der Waals surface area contributed by atoms with Gasteiger partial charge in [0.15, 0.2) is 0 Å². The van der Waals surface area contributed by atoms with Crippen LogP contribution in [0.25, 0.3) is 11.1 Å². The van der Waals surface area contributed by atoms with Gasteiger partial charge in [-0.15, -0.1) is 0 Å². The number of rotatable bonds is 7. The van der Waals surface area contributed by atoms with Crippen molar-refractivity contribution >= 4 is 21.9 Å². The van der Waals surface area contributed by atoms with Gasteiger partial charge in [0.1, 0.15) is 0 Å². The minimum atomic E-state index is -0.924. The molecule has 0 fully saturated rings. The number of carboxylic acids is 1. The van der Waals surface area contributed by atoms with Gasteiger partial charge in [0.25, 0.3) is 0 Å². The first-order valence-corrected chi connectivity index (χ1v) is 9.93. The molecular weight excluding hydrogens is 402 g/mol. The van der Waals surface area contributed by atoms with Crippen molar-refractivity contribution in [3.8, 4) is 11.1 Å². The summed E-state index contributed by atoms with van der Waals surface area (Å²) in [5.41, 5.74) is 5.01. The number of aromatic carboxylic acids is 1. The summed E-state index contributed by atoms with van der Waals surface area (Å²) in [5, 5.41) is 9.75. The van der Waals surface area contributed by atoms with Crippen LogP contribution in [0.3, 0.4) is 0 Å². The van der Waals surface area contributed by atoms with Gasteiger partial charge in [-0.3, -0.25) is 4.98 Å². The molecule has 0 amide bonds. The van der Waals surface area contributed by atoms with Crippen molar-refractivity contribution in [2.75, 3.05) is 0 Å². The summed E-state index contributed by atoms with van der Waals surface area (Å²) in [4.78, 5) is 16.7. The highest BCUT2D eigenvalue weighted by molar-refractivity contribution is 9.10. The Bertz CT molecular complexity index is 921.